The van der Waals surface area contributed by atoms with Crippen LogP contribution in [0, 0.1) is 11.8 Å². The first kappa shape index (κ1) is 14.4. The molecular formula is C11H12NO5P. The fourth-order valence-corrected chi connectivity index (χ4v) is 1.98. The van der Waals surface area contributed by atoms with Crippen molar-refractivity contribution in [2.24, 2.45) is 0 Å². The normalized spacial score (nSPS) is 16.8. The Bertz CT molecular complexity index is 503. The lowest BCUT2D eigenvalue weighted by Crippen LogP contribution is -2.43. The summed E-state index contributed by atoms with van der Waals surface area (Å²) in [6.45, 7) is 1.12. The zero-order chi connectivity index (χ0) is 13.8. The standard InChI is InChI=1S/C11H12NO5P/c1-8(13)11(10(14)15,18(16)17)5-4-9-3-2-6-12-7-9/h2-3,6-8,13,18H,1H3,(H,14,15)(H,16,17). The average Bonchev–Trinajstić information content (AvgIpc) is 2.29. The second-order valence-corrected chi connectivity index (χ2v) is 4.98. The molecule has 1 aromatic rings. The van der Waals surface area contributed by atoms with Gasteiger partial charge in [0.15, 0.2) is 0 Å². The van der Waals surface area contributed by atoms with Crippen LogP contribution in [0.2, 0.25) is 0 Å². The number of aliphatic carboxylic acids is 1. The molecule has 3 N–H and O–H groups in total. The van der Waals surface area contributed by atoms with Crippen molar-refractivity contribution in [2.45, 2.75) is 18.2 Å². The van der Waals surface area contributed by atoms with Crippen LogP contribution in [0.4, 0.5) is 0 Å². The zero-order valence-electron chi connectivity index (χ0n) is 9.49. The molecule has 1 heterocycles. The average molecular weight is 269 g/mol. The molecule has 0 aliphatic heterocycles. The Morgan fingerprint density at radius 1 is 1.61 bits per heavy atom. The van der Waals surface area contributed by atoms with E-state index in [2.05, 4.69) is 16.8 Å². The van der Waals surface area contributed by atoms with E-state index in [4.69, 9.17) is 10.00 Å². The largest absolute Gasteiger partial charge is 0.480 e. The fourth-order valence-electron chi connectivity index (χ4n) is 1.27. The van der Waals surface area contributed by atoms with Gasteiger partial charge in [0.2, 0.25) is 13.2 Å². The zero-order valence-corrected chi connectivity index (χ0v) is 10.5. The highest BCUT2D eigenvalue weighted by molar-refractivity contribution is 7.42. The Kier molecular flexibility index (Phi) is 4.62. The maximum Gasteiger partial charge on any atom is 0.334 e. The second-order valence-electron chi connectivity index (χ2n) is 3.59. The molecular weight excluding hydrogens is 257 g/mol. The number of carbonyl (C=O) groups is 1. The van der Waals surface area contributed by atoms with E-state index in [0.29, 0.717) is 5.56 Å². The van der Waals surface area contributed by atoms with Crippen LogP contribution in [-0.4, -0.2) is 37.3 Å². The summed E-state index contributed by atoms with van der Waals surface area (Å²) in [5, 5.41) is 16.1. The van der Waals surface area contributed by atoms with E-state index < -0.39 is 25.3 Å². The number of hydrogen-bond donors (Lipinski definition) is 3. The second kappa shape index (κ2) is 5.78. The van der Waals surface area contributed by atoms with Gasteiger partial charge in [-0.3, -0.25) is 9.55 Å². The van der Waals surface area contributed by atoms with Crippen LogP contribution in [0.25, 0.3) is 0 Å². The first-order chi connectivity index (χ1) is 8.41. The van der Waals surface area contributed by atoms with E-state index >= 15 is 0 Å². The third-order valence-electron chi connectivity index (χ3n) is 2.37. The number of nitrogens with zero attached hydrogens (tertiary/aromatic N) is 1. The van der Waals surface area contributed by atoms with Gasteiger partial charge in [-0.15, -0.1) is 0 Å². The van der Waals surface area contributed by atoms with Gasteiger partial charge in [0, 0.05) is 18.0 Å². The van der Waals surface area contributed by atoms with Crippen molar-refractivity contribution in [2.75, 3.05) is 0 Å². The van der Waals surface area contributed by atoms with Gasteiger partial charge in [-0.1, -0.05) is 11.8 Å². The van der Waals surface area contributed by atoms with Gasteiger partial charge in [-0.05, 0) is 19.1 Å². The van der Waals surface area contributed by atoms with Gasteiger partial charge in [0.1, 0.15) is 0 Å². The minimum absolute atomic E-state index is 0.395. The Morgan fingerprint density at radius 3 is 2.67 bits per heavy atom. The molecule has 1 aromatic heterocycles. The van der Waals surface area contributed by atoms with Gasteiger partial charge in [0.25, 0.3) is 0 Å². The summed E-state index contributed by atoms with van der Waals surface area (Å²) in [5.41, 5.74) is 0.395. The first-order valence-electron chi connectivity index (χ1n) is 4.99. The van der Waals surface area contributed by atoms with Crippen molar-refractivity contribution in [3.05, 3.63) is 30.1 Å². The van der Waals surface area contributed by atoms with Crippen molar-refractivity contribution in [1.82, 2.24) is 4.98 Å². The molecule has 0 saturated heterocycles. The lowest BCUT2D eigenvalue weighted by Gasteiger charge is -2.23. The molecule has 0 spiro atoms. The predicted molar refractivity (Wildman–Crippen MR) is 64.4 cm³/mol. The number of pyridine rings is 1. The number of carboxylic acid groups (broad SMARTS) is 1. The summed E-state index contributed by atoms with van der Waals surface area (Å²) >= 11 is 0. The van der Waals surface area contributed by atoms with Gasteiger partial charge in [-0.25, -0.2) is 4.79 Å². The molecule has 18 heavy (non-hydrogen) atoms. The molecule has 6 nitrogen and oxygen atoms in total. The van der Waals surface area contributed by atoms with Crippen LogP contribution < -0.4 is 0 Å². The topological polar surface area (TPSA) is 108 Å². The number of aromatic nitrogens is 1. The van der Waals surface area contributed by atoms with Crippen LogP contribution in [0.3, 0.4) is 0 Å². The minimum atomic E-state index is -3.59. The summed E-state index contributed by atoms with van der Waals surface area (Å²) in [5.74, 6) is 3.01. The van der Waals surface area contributed by atoms with E-state index in [1.807, 2.05) is 0 Å². The molecule has 0 amide bonds. The molecule has 0 saturated carbocycles. The van der Waals surface area contributed by atoms with Crippen LogP contribution >= 0.6 is 8.03 Å². The van der Waals surface area contributed by atoms with Gasteiger partial charge >= 0.3 is 5.97 Å². The molecule has 3 atom stereocenters. The lowest BCUT2D eigenvalue weighted by molar-refractivity contribution is -0.141. The monoisotopic (exact) mass is 269 g/mol. The van der Waals surface area contributed by atoms with E-state index in [0.717, 1.165) is 6.92 Å². The maximum absolute atomic E-state index is 11.3. The smallest absolute Gasteiger partial charge is 0.334 e. The summed E-state index contributed by atoms with van der Waals surface area (Å²) < 4.78 is 11.3. The number of carboxylic acids is 1. The van der Waals surface area contributed by atoms with Gasteiger partial charge in [0.05, 0.1) is 6.10 Å². The van der Waals surface area contributed by atoms with Crippen molar-refractivity contribution in [1.29, 1.82) is 0 Å². The first-order valence-corrected chi connectivity index (χ1v) is 6.35. The van der Waals surface area contributed by atoms with Gasteiger partial charge < -0.3 is 15.1 Å². The highest BCUT2D eigenvalue weighted by Gasteiger charge is 2.47. The van der Waals surface area contributed by atoms with Crippen LogP contribution in [0.15, 0.2) is 24.5 Å². The molecule has 0 radical (unpaired) electrons. The molecule has 0 aromatic carbocycles. The summed E-state index contributed by atoms with van der Waals surface area (Å²) in [7, 11) is -3.59. The van der Waals surface area contributed by atoms with Crippen molar-refractivity contribution in [3.8, 4) is 11.8 Å². The van der Waals surface area contributed by atoms with E-state index in [9.17, 15) is 14.5 Å². The van der Waals surface area contributed by atoms with Gasteiger partial charge in [-0.2, -0.15) is 0 Å². The van der Waals surface area contributed by atoms with Crippen LogP contribution in [-0.2, 0) is 9.36 Å². The maximum atomic E-state index is 11.3. The molecule has 1 rings (SSSR count). The Morgan fingerprint density at radius 2 is 2.28 bits per heavy atom. The van der Waals surface area contributed by atoms with E-state index in [1.165, 1.54) is 12.4 Å². The van der Waals surface area contributed by atoms with E-state index in [1.54, 1.807) is 12.1 Å². The van der Waals surface area contributed by atoms with Crippen molar-refractivity contribution < 1.29 is 24.5 Å². The molecule has 7 heteroatoms. The molecule has 3 unspecified atom stereocenters. The number of aliphatic hydroxyl groups excluding tert-OH is 1. The highest BCUT2D eigenvalue weighted by Crippen LogP contribution is 2.38. The third-order valence-corrected chi connectivity index (χ3v) is 3.80. The quantitative estimate of drug-likeness (QED) is 0.530. The van der Waals surface area contributed by atoms with Crippen molar-refractivity contribution in [3.63, 3.8) is 0 Å². The minimum Gasteiger partial charge on any atom is -0.480 e. The molecule has 0 fully saturated rings. The van der Waals surface area contributed by atoms with Crippen LogP contribution in [0.1, 0.15) is 12.5 Å². The van der Waals surface area contributed by atoms with Crippen LogP contribution in [0.5, 0.6) is 0 Å². The SMILES string of the molecule is CC(O)C(C#Cc1cccnc1)(C(=O)O)[PH](=O)O. The summed E-state index contributed by atoms with van der Waals surface area (Å²) in [4.78, 5) is 24.1. The molecule has 0 bridgehead atoms. The Labute approximate surface area is 104 Å². The highest BCUT2D eigenvalue weighted by atomic mass is 31.1. The Balaban J connectivity index is 3.27. The summed E-state index contributed by atoms with van der Waals surface area (Å²) in [6.07, 6.45) is 1.32. The fraction of sp³-hybridized carbons (Fsp3) is 0.273. The number of aliphatic hydroxyl groups is 1. The summed E-state index contributed by atoms with van der Waals surface area (Å²) in [6, 6.07) is 3.17. The molecule has 96 valence electrons. The molecule has 0 aliphatic carbocycles. The number of rotatable bonds is 3. The Hall–Kier alpha value is -1.67. The lowest BCUT2D eigenvalue weighted by atomic mass is 10.0. The molecule has 0 aliphatic rings. The predicted octanol–water partition coefficient (Wildman–Crippen LogP) is 0.104. The van der Waals surface area contributed by atoms with E-state index in [-0.39, 0.29) is 0 Å². The van der Waals surface area contributed by atoms with Crippen molar-refractivity contribution >= 4 is 14.0 Å². The third kappa shape index (κ3) is 2.77. The number of hydrogen-bond acceptors (Lipinski definition) is 4.